The molecule has 7 heteroatoms. The molecule has 0 saturated carbocycles. The summed E-state index contributed by atoms with van der Waals surface area (Å²) in [4.78, 5) is 27.1. The Kier molecular flexibility index (Phi) is 5.78. The maximum Gasteiger partial charge on any atom is 0.308 e. The summed E-state index contributed by atoms with van der Waals surface area (Å²) < 4.78 is 16.3. The van der Waals surface area contributed by atoms with Crippen molar-refractivity contribution in [3.05, 3.63) is 40.6 Å². The summed E-state index contributed by atoms with van der Waals surface area (Å²) in [7, 11) is 0. The average Bonchev–Trinajstić information content (AvgIpc) is 3.16. The van der Waals surface area contributed by atoms with Gasteiger partial charge in [-0.15, -0.1) is 11.3 Å². The van der Waals surface area contributed by atoms with E-state index in [4.69, 9.17) is 14.2 Å². The van der Waals surface area contributed by atoms with Crippen molar-refractivity contribution in [2.45, 2.75) is 20.4 Å². The number of carbonyl (C=O) groups excluding carboxylic acids is 2. The van der Waals surface area contributed by atoms with Gasteiger partial charge in [-0.1, -0.05) is 19.9 Å². The van der Waals surface area contributed by atoms with Crippen molar-refractivity contribution in [2.24, 2.45) is 5.92 Å². The first kappa shape index (κ1) is 18.3. The lowest BCUT2D eigenvalue weighted by Gasteiger charge is -2.25. The molecule has 0 atom stereocenters. The van der Waals surface area contributed by atoms with Crippen LogP contribution in [0.4, 0.5) is 5.69 Å². The van der Waals surface area contributed by atoms with Gasteiger partial charge in [0, 0.05) is 16.6 Å². The van der Waals surface area contributed by atoms with Gasteiger partial charge in [-0.3, -0.25) is 9.59 Å². The predicted octanol–water partition coefficient (Wildman–Crippen LogP) is 3.25. The van der Waals surface area contributed by atoms with E-state index in [1.54, 1.807) is 42.2 Å². The van der Waals surface area contributed by atoms with Crippen LogP contribution in [-0.4, -0.2) is 31.7 Å². The highest BCUT2D eigenvalue weighted by Gasteiger charge is 2.22. The summed E-state index contributed by atoms with van der Waals surface area (Å²) >= 11 is 1.56. The molecule has 1 aliphatic rings. The van der Waals surface area contributed by atoms with Gasteiger partial charge in [-0.25, -0.2) is 0 Å². The molecule has 0 N–H and O–H groups in total. The van der Waals surface area contributed by atoms with Gasteiger partial charge in [0.2, 0.25) is 0 Å². The molecular weight excluding hydrogens is 354 g/mol. The smallest absolute Gasteiger partial charge is 0.308 e. The van der Waals surface area contributed by atoms with E-state index in [0.29, 0.717) is 36.9 Å². The van der Waals surface area contributed by atoms with E-state index in [-0.39, 0.29) is 18.4 Å². The van der Waals surface area contributed by atoms with Crippen LogP contribution in [0.2, 0.25) is 0 Å². The highest BCUT2D eigenvalue weighted by molar-refractivity contribution is 7.09. The molecule has 0 unspecified atom stereocenters. The minimum atomic E-state index is -0.392. The van der Waals surface area contributed by atoms with Crippen molar-refractivity contribution >= 4 is 28.9 Å². The fourth-order valence-electron chi connectivity index (χ4n) is 2.46. The van der Waals surface area contributed by atoms with Crippen LogP contribution >= 0.6 is 11.3 Å². The summed E-state index contributed by atoms with van der Waals surface area (Å²) in [5.74, 6) is 0.315. The van der Waals surface area contributed by atoms with Crippen LogP contribution in [0.1, 0.15) is 18.7 Å². The van der Waals surface area contributed by atoms with Gasteiger partial charge >= 0.3 is 5.97 Å². The number of anilines is 1. The molecule has 0 bridgehead atoms. The standard InChI is InChI=1S/C19H21NO5S/c1-13(2)19(22)25-12-18(21)20(11-15-4-3-9-26-15)14-5-6-16-17(10-14)24-8-7-23-16/h3-6,9-10,13H,7-8,11-12H2,1-2H3. The number of nitrogens with zero attached hydrogens (tertiary/aromatic N) is 1. The van der Waals surface area contributed by atoms with Gasteiger partial charge in [0.25, 0.3) is 5.91 Å². The molecule has 6 nitrogen and oxygen atoms in total. The van der Waals surface area contributed by atoms with E-state index in [0.717, 1.165) is 4.88 Å². The van der Waals surface area contributed by atoms with E-state index >= 15 is 0 Å². The van der Waals surface area contributed by atoms with Gasteiger partial charge in [0.15, 0.2) is 18.1 Å². The van der Waals surface area contributed by atoms with Crippen molar-refractivity contribution in [3.63, 3.8) is 0 Å². The third kappa shape index (κ3) is 4.35. The first-order chi connectivity index (χ1) is 12.5. The zero-order valence-corrected chi connectivity index (χ0v) is 15.6. The number of rotatable bonds is 6. The Morgan fingerprint density at radius 1 is 1.19 bits per heavy atom. The van der Waals surface area contributed by atoms with Crippen LogP contribution in [0.5, 0.6) is 11.5 Å². The summed E-state index contributed by atoms with van der Waals surface area (Å²) in [5.41, 5.74) is 0.674. The van der Waals surface area contributed by atoms with Crippen LogP contribution in [0.25, 0.3) is 0 Å². The molecule has 1 amide bonds. The van der Waals surface area contributed by atoms with Gasteiger partial charge in [-0.2, -0.15) is 0 Å². The molecule has 2 aromatic rings. The molecule has 0 spiro atoms. The van der Waals surface area contributed by atoms with Crippen LogP contribution in [0.3, 0.4) is 0 Å². The lowest BCUT2D eigenvalue weighted by Crippen LogP contribution is -2.34. The highest BCUT2D eigenvalue weighted by atomic mass is 32.1. The lowest BCUT2D eigenvalue weighted by molar-refractivity contribution is -0.151. The Bertz CT molecular complexity index is 772. The van der Waals surface area contributed by atoms with E-state index in [1.165, 1.54) is 0 Å². The van der Waals surface area contributed by atoms with Crippen LogP contribution in [0.15, 0.2) is 35.7 Å². The first-order valence-electron chi connectivity index (χ1n) is 8.43. The second-order valence-corrected chi connectivity index (χ2v) is 7.18. The Morgan fingerprint density at radius 3 is 2.65 bits per heavy atom. The van der Waals surface area contributed by atoms with E-state index < -0.39 is 5.97 Å². The van der Waals surface area contributed by atoms with E-state index in [9.17, 15) is 9.59 Å². The Hall–Kier alpha value is -2.54. The summed E-state index contributed by atoms with van der Waals surface area (Å²) in [6.45, 7) is 4.55. The minimum Gasteiger partial charge on any atom is -0.486 e. The van der Waals surface area contributed by atoms with Crippen molar-refractivity contribution in [1.82, 2.24) is 0 Å². The number of carbonyl (C=O) groups is 2. The molecule has 0 fully saturated rings. The van der Waals surface area contributed by atoms with Crippen molar-refractivity contribution in [3.8, 4) is 11.5 Å². The number of fused-ring (bicyclic) bond motifs is 1. The number of benzene rings is 1. The second-order valence-electron chi connectivity index (χ2n) is 6.15. The van der Waals surface area contributed by atoms with Crippen LogP contribution in [0, 0.1) is 5.92 Å². The molecule has 1 aromatic carbocycles. The van der Waals surface area contributed by atoms with Gasteiger partial charge in [-0.05, 0) is 23.6 Å². The molecule has 0 saturated heterocycles. The third-order valence-corrected chi connectivity index (χ3v) is 4.70. The van der Waals surface area contributed by atoms with E-state index in [2.05, 4.69) is 0 Å². The van der Waals surface area contributed by atoms with Crippen molar-refractivity contribution < 1.29 is 23.8 Å². The maximum absolute atomic E-state index is 12.7. The fraction of sp³-hybridized carbons (Fsp3) is 0.368. The Labute approximate surface area is 156 Å². The summed E-state index contributed by atoms with van der Waals surface area (Å²) in [6.07, 6.45) is 0. The molecule has 3 rings (SSSR count). The van der Waals surface area contributed by atoms with Gasteiger partial charge in [0.1, 0.15) is 13.2 Å². The number of thiophene rings is 1. The number of hydrogen-bond acceptors (Lipinski definition) is 6. The zero-order chi connectivity index (χ0) is 18.5. The van der Waals surface area contributed by atoms with Crippen LogP contribution in [-0.2, 0) is 20.9 Å². The fourth-order valence-corrected chi connectivity index (χ4v) is 3.15. The van der Waals surface area contributed by atoms with Crippen LogP contribution < -0.4 is 14.4 Å². The SMILES string of the molecule is CC(C)C(=O)OCC(=O)N(Cc1cccs1)c1ccc2c(c1)OCCO2. The largest absolute Gasteiger partial charge is 0.486 e. The molecule has 2 heterocycles. The number of ether oxygens (including phenoxy) is 3. The minimum absolute atomic E-state index is 0.275. The third-order valence-electron chi connectivity index (χ3n) is 3.84. The molecule has 0 radical (unpaired) electrons. The maximum atomic E-state index is 12.7. The second kappa shape index (κ2) is 8.23. The highest BCUT2D eigenvalue weighted by Crippen LogP contribution is 2.34. The number of esters is 1. The van der Waals surface area contributed by atoms with Gasteiger partial charge < -0.3 is 19.1 Å². The quantitative estimate of drug-likeness (QED) is 0.725. The Morgan fingerprint density at radius 2 is 1.96 bits per heavy atom. The molecular formula is C19H21NO5S. The summed E-state index contributed by atoms with van der Waals surface area (Å²) in [6, 6.07) is 9.28. The molecule has 1 aliphatic heterocycles. The van der Waals surface area contributed by atoms with E-state index in [1.807, 2.05) is 23.6 Å². The summed E-state index contributed by atoms with van der Waals surface area (Å²) in [5, 5.41) is 1.96. The Balaban J connectivity index is 1.81. The monoisotopic (exact) mass is 375 g/mol. The average molecular weight is 375 g/mol. The zero-order valence-electron chi connectivity index (χ0n) is 14.8. The number of hydrogen-bond donors (Lipinski definition) is 0. The molecule has 1 aromatic heterocycles. The lowest BCUT2D eigenvalue weighted by atomic mass is 10.2. The molecule has 138 valence electrons. The molecule has 26 heavy (non-hydrogen) atoms. The van der Waals surface area contributed by atoms with Crippen molar-refractivity contribution in [2.75, 3.05) is 24.7 Å². The predicted molar refractivity (Wildman–Crippen MR) is 98.7 cm³/mol. The molecule has 0 aliphatic carbocycles. The topological polar surface area (TPSA) is 65.1 Å². The van der Waals surface area contributed by atoms with Gasteiger partial charge in [0.05, 0.1) is 12.5 Å². The van der Waals surface area contributed by atoms with Crippen molar-refractivity contribution in [1.29, 1.82) is 0 Å². The number of amides is 1. The first-order valence-corrected chi connectivity index (χ1v) is 9.31. The normalized spacial score (nSPS) is 12.7.